The van der Waals surface area contributed by atoms with Gasteiger partial charge >= 0.3 is 0 Å². The molecule has 0 aromatic carbocycles. The average molecular weight is 300 g/mol. The van der Waals surface area contributed by atoms with E-state index in [1.54, 1.807) is 11.9 Å². The van der Waals surface area contributed by atoms with Crippen molar-refractivity contribution in [3.8, 4) is 0 Å². The first-order chi connectivity index (χ1) is 9.65. The minimum atomic E-state index is -0.0488. The molecule has 0 radical (unpaired) electrons. The zero-order valence-corrected chi connectivity index (χ0v) is 12.0. The number of nitrogens with zero attached hydrogens (tertiary/aromatic N) is 2. The van der Waals surface area contributed by atoms with Gasteiger partial charge in [-0.25, -0.2) is 0 Å². The lowest BCUT2D eigenvalue weighted by Gasteiger charge is -2.17. The van der Waals surface area contributed by atoms with Crippen LogP contribution >= 0.6 is 0 Å². The maximum atomic E-state index is 8.48. The highest BCUT2D eigenvalue weighted by molar-refractivity contribution is 4.54. The summed E-state index contributed by atoms with van der Waals surface area (Å²) in [4.78, 5) is 11.3. The Morgan fingerprint density at radius 3 is 1.25 bits per heavy atom. The number of hydroxylamine groups is 2. The third-order valence-corrected chi connectivity index (χ3v) is 1.98. The highest BCUT2D eigenvalue weighted by atomic mass is 16.9. The Morgan fingerprint density at radius 2 is 1.00 bits per heavy atom. The Morgan fingerprint density at radius 1 is 0.650 bits per heavy atom. The van der Waals surface area contributed by atoms with Crippen LogP contribution in [0.4, 0.5) is 0 Å². The van der Waals surface area contributed by atoms with E-state index in [-0.39, 0.29) is 46.2 Å². The minimum absolute atomic E-state index is 0.0488. The lowest BCUT2D eigenvalue weighted by atomic mass is 10.4. The summed E-state index contributed by atoms with van der Waals surface area (Å²) < 4.78 is 0. The van der Waals surface area contributed by atoms with E-state index in [9.17, 15) is 0 Å². The van der Waals surface area contributed by atoms with Crippen molar-refractivity contribution in [1.82, 2.24) is 10.1 Å². The molecule has 124 valence electrons. The van der Waals surface area contributed by atoms with Crippen LogP contribution in [-0.2, 0) is 9.68 Å². The third-order valence-electron chi connectivity index (χ3n) is 1.98. The molecule has 0 amide bonds. The van der Waals surface area contributed by atoms with Gasteiger partial charge in [0.05, 0.1) is 46.2 Å². The molecule has 0 aromatic heterocycles. The maximum absolute atomic E-state index is 8.48. The van der Waals surface area contributed by atoms with Crippen LogP contribution in [0.1, 0.15) is 0 Å². The lowest BCUT2D eigenvalue weighted by molar-refractivity contribution is -0.356. The second-order valence-corrected chi connectivity index (χ2v) is 3.57. The monoisotopic (exact) mass is 300 g/mol. The molecule has 20 heavy (non-hydrogen) atoms. The molecule has 0 atom stereocenters. The summed E-state index contributed by atoms with van der Waals surface area (Å²) in [6, 6.07) is 0. The van der Waals surface area contributed by atoms with Crippen LogP contribution in [0.25, 0.3) is 0 Å². The first kappa shape index (κ1) is 21.9. The molecular weight excluding hydrogens is 272 g/mol. The number of hydrogen-bond donors (Lipinski definition) is 5. The van der Waals surface area contributed by atoms with Crippen molar-refractivity contribution in [1.29, 1.82) is 0 Å². The normalized spacial score (nSPS) is 10.8. The molecule has 0 saturated carbocycles. The van der Waals surface area contributed by atoms with Crippen LogP contribution in [0.2, 0.25) is 0 Å². The van der Waals surface area contributed by atoms with Crippen molar-refractivity contribution in [3.05, 3.63) is 0 Å². The minimum Gasteiger partial charge on any atom is -0.395 e. The molecule has 0 spiro atoms. The predicted molar refractivity (Wildman–Crippen MR) is 71.5 cm³/mol. The highest BCUT2D eigenvalue weighted by Crippen LogP contribution is 1.85. The van der Waals surface area contributed by atoms with Crippen LogP contribution in [0.3, 0.4) is 0 Å². The van der Waals surface area contributed by atoms with E-state index in [1.807, 2.05) is 0 Å². The standard InChI is InChI=1S/C6H15NO3.C5H13NO4/c8-4-1-7(2-5-9)3-6-10;1-6(9-4-2-7)10-5-3-8/h8-10H,1-6H2;7-8H,2-5H2,1H3. The van der Waals surface area contributed by atoms with E-state index >= 15 is 0 Å². The van der Waals surface area contributed by atoms with Gasteiger partial charge in [0.1, 0.15) is 0 Å². The number of hydrogen-bond acceptors (Lipinski definition) is 9. The van der Waals surface area contributed by atoms with Gasteiger partial charge in [0.15, 0.2) is 0 Å². The molecule has 0 aliphatic heterocycles. The van der Waals surface area contributed by atoms with E-state index in [0.29, 0.717) is 19.6 Å². The molecule has 0 aliphatic rings. The highest BCUT2D eigenvalue weighted by Gasteiger charge is 2.00. The topological polar surface area (TPSA) is 126 Å². The number of rotatable bonds is 12. The fraction of sp³-hybridized carbons (Fsp3) is 1.00. The number of aliphatic hydroxyl groups excluding tert-OH is 5. The summed E-state index contributed by atoms with van der Waals surface area (Å²) in [5.41, 5.74) is 0. The van der Waals surface area contributed by atoms with Crippen LogP contribution in [0, 0.1) is 0 Å². The van der Waals surface area contributed by atoms with E-state index in [4.69, 9.17) is 35.2 Å². The van der Waals surface area contributed by atoms with Gasteiger partial charge in [0.2, 0.25) is 0 Å². The van der Waals surface area contributed by atoms with Gasteiger partial charge in [0, 0.05) is 26.7 Å². The van der Waals surface area contributed by atoms with Crippen LogP contribution in [0.15, 0.2) is 0 Å². The Labute approximate surface area is 119 Å². The molecule has 9 heteroatoms. The van der Waals surface area contributed by atoms with Gasteiger partial charge in [0.25, 0.3) is 0 Å². The largest absolute Gasteiger partial charge is 0.395 e. The summed E-state index contributed by atoms with van der Waals surface area (Å²) in [6.07, 6.45) is 0. The molecule has 9 nitrogen and oxygen atoms in total. The SMILES string of the molecule is CN(OCCO)OCCO.OCCN(CCO)CCO. The first-order valence-corrected chi connectivity index (χ1v) is 6.42. The molecule has 0 unspecified atom stereocenters. The second-order valence-electron chi connectivity index (χ2n) is 3.57. The van der Waals surface area contributed by atoms with E-state index in [2.05, 4.69) is 0 Å². The van der Waals surface area contributed by atoms with Crippen LogP contribution in [-0.4, -0.2) is 109 Å². The van der Waals surface area contributed by atoms with Crippen LogP contribution < -0.4 is 0 Å². The smallest absolute Gasteiger partial charge is 0.0942 e. The quantitative estimate of drug-likeness (QED) is 0.240. The molecule has 0 aromatic rings. The van der Waals surface area contributed by atoms with Crippen molar-refractivity contribution >= 4 is 0 Å². The molecule has 0 saturated heterocycles. The molecule has 0 bridgehead atoms. The molecule has 0 rings (SSSR count). The van der Waals surface area contributed by atoms with E-state index in [0.717, 1.165) is 5.23 Å². The Balaban J connectivity index is 0. The summed E-state index contributed by atoms with van der Waals surface area (Å²) in [5, 5.41) is 43.1. The third kappa shape index (κ3) is 17.6. The Hall–Kier alpha value is -0.360. The van der Waals surface area contributed by atoms with E-state index < -0.39 is 0 Å². The van der Waals surface area contributed by atoms with Crippen molar-refractivity contribution in [3.63, 3.8) is 0 Å². The fourth-order valence-electron chi connectivity index (χ4n) is 1.14. The Bertz CT molecular complexity index is 155. The first-order valence-electron chi connectivity index (χ1n) is 6.42. The maximum Gasteiger partial charge on any atom is 0.0942 e. The van der Waals surface area contributed by atoms with Gasteiger partial charge in [-0.2, -0.15) is 0 Å². The lowest BCUT2D eigenvalue weighted by Crippen LogP contribution is -2.32. The summed E-state index contributed by atoms with van der Waals surface area (Å²) in [7, 11) is 1.55. The van der Waals surface area contributed by atoms with Crippen molar-refractivity contribution in [2.45, 2.75) is 0 Å². The van der Waals surface area contributed by atoms with Gasteiger partial charge < -0.3 is 25.5 Å². The molecule has 5 N–H and O–H groups in total. The molecule has 0 fully saturated rings. The summed E-state index contributed by atoms with van der Waals surface area (Å²) >= 11 is 0. The zero-order chi connectivity index (χ0) is 15.6. The van der Waals surface area contributed by atoms with E-state index in [1.165, 1.54) is 0 Å². The van der Waals surface area contributed by atoms with Gasteiger partial charge in [-0.3, -0.25) is 14.6 Å². The van der Waals surface area contributed by atoms with Gasteiger partial charge in [-0.05, 0) is 0 Å². The second kappa shape index (κ2) is 18.6. The van der Waals surface area contributed by atoms with Crippen molar-refractivity contribution in [2.75, 3.05) is 72.9 Å². The average Bonchev–Trinajstić information content (AvgIpc) is 2.44. The van der Waals surface area contributed by atoms with Gasteiger partial charge in [-0.1, -0.05) is 5.23 Å². The summed E-state index contributed by atoms with van der Waals surface area (Å²) in [6.45, 7) is 2.05. The van der Waals surface area contributed by atoms with Gasteiger partial charge in [-0.15, -0.1) is 0 Å². The zero-order valence-electron chi connectivity index (χ0n) is 12.0. The summed E-state index contributed by atoms with van der Waals surface area (Å²) in [5.74, 6) is 0. The predicted octanol–water partition coefficient (Wildman–Crippen LogP) is -2.97. The van der Waals surface area contributed by atoms with Crippen LogP contribution in [0.5, 0.6) is 0 Å². The van der Waals surface area contributed by atoms with Crippen molar-refractivity contribution < 1.29 is 35.2 Å². The molecule has 0 aliphatic carbocycles. The molecular formula is C11H28N2O7. The Kier molecular flexibility index (Phi) is 20.4. The van der Waals surface area contributed by atoms with Crippen molar-refractivity contribution in [2.24, 2.45) is 0 Å². The molecule has 0 heterocycles. The number of aliphatic hydroxyl groups is 5. The fourth-order valence-corrected chi connectivity index (χ4v) is 1.14.